The SMILES string of the molecule is Cc1cccc(N(Cc2ccccc2)C(=S)NCCCN(C)C)c1. The summed E-state index contributed by atoms with van der Waals surface area (Å²) >= 11 is 5.68. The molecule has 0 radical (unpaired) electrons. The van der Waals surface area contributed by atoms with Gasteiger partial charge in [0.15, 0.2) is 5.11 Å². The number of benzene rings is 2. The van der Waals surface area contributed by atoms with Gasteiger partial charge in [0.25, 0.3) is 0 Å². The summed E-state index contributed by atoms with van der Waals surface area (Å²) in [6.07, 6.45) is 1.07. The molecule has 0 saturated carbocycles. The summed E-state index contributed by atoms with van der Waals surface area (Å²) in [5, 5.41) is 4.19. The van der Waals surface area contributed by atoms with E-state index < -0.39 is 0 Å². The Balaban J connectivity index is 2.08. The predicted molar refractivity (Wildman–Crippen MR) is 108 cm³/mol. The number of nitrogens with zero attached hydrogens (tertiary/aromatic N) is 2. The molecule has 0 bridgehead atoms. The van der Waals surface area contributed by atoms with Crippen molar-refractivity contribution in [2.45, 2.75) is 19.9 Å². The number of hydrogen-bond acceptors (Lipinski definition) is 2. The Labute approximate surface area is 151 Å². The van der Waals surface area contributed by atoms with E-state index in [0.717, 1.165) is 36.9 Å². The van der Waals surface area contributed by atoms with Gasteiger partial charge >= 0.3 is 0 Å². The lowest BCUT2D eigenvalue weighted by molar-refractivity contribution is 0.400. The van der Waals surface area contributed by atoms with Gasteiger partial charge in [0, 0.05) is 12.2 Å². The molecule has 0 aliphatic carbocycles. The first kappa shape index (κ1) is 18.4. The molecular formula is C20H27N3S. The molecule has 3 nitrogen and oxygen atoms in total. The Kier molecular flexibility index (Phi) is 7.22. The molecule has 0 atom stereocenters. The number of nitrogens with one attached hydrogen (secondary N) is 1. The van der Waals surface area contributed by atoms with Crippen LogP contribution in [0.5, 0.6) is 0 Å². The predicted octanol–water partition coefficient (Wildman–Crippen LogP) is 3.83. The molecule has 24 heavy (non-hydrogen) atoms. The van der Waals surface area contributed by atoms with Crippen molar-refractivity contribution >= 4 is 23.0 Å². The first-order valence-electron chi connectivity index (χ1n) is 8.37. The lowest BCUT2D eigenvalue weighted by Gasteiger charge is -2.26. The number of rotatable bonds is 7. The molecule has 2 aromatic carbocycles. The zero-order chi connectivity index (χ0) is 17.4. The van der Waals surface area contributed by atoms with Crippen LogP contribution in [0.3, 0.4) is 0 Å². The van der Waals surface area contributed by atoms with Crippen LogP contribution < -0.4 is 10.2 Å². The second-order valence-corrected chi connectivity index (χ2v) is 6.69. The van der Waals surface area contributed by atoms with Crippen LogP contribution in [0, 0.1) is 6.92 Å². The first-order chi connectivity index (χ1) is 11.6. The summed E-state index contributed by atoms with van der Waals surface area (Å²) < 4.78 is 0. The summed E-state index contributed by atoms with van der Waals surface area (Å²) in [5.41, 5.74) is 3.61. The van der Waals surface area contributed by atoms with Crippen LogP contribution in [0.25, 0.3) is 0 Å². The molecule has 2 rings (SSSR count). The fraction of sp³-hybridized carbons (Fsp3) is 0.350. The van der Waals surface area contributed by atoms with Gasteiger partial charge < -0.3 is 15.1 Å². The van der Waals surface area contributed by atoms with E-state index in [1.54, 1.807) is 0 Å². The second-order valence-electron chi connectivity index (χ2n) is 6.30. The number of anilines is 1. The maximum atomic E-state index is 5.68. The van der Waals surface area contributed by atoms with Crippen LogP contribution in [-0.4, -0.2) is 37.2 Å². The van der Waals surface area contributed by atoms with Crippen molar-refractivity contribution in [2.24, 2.45) is 0 Å². The van der Waals surface area contributed by atoms with E-state index in [0.29, 0.717) is 0 Å². The zero-order valence-electron chi connectivity index (χ0n) is 14.8. The Bertz CT molecular complexity index is 640. The van der Waals surface area contributed by atoms with Gasteiger partial charge in [-0.2, -0.15) is 0 Å². The van der Waals surface area contributed by atoms with E-state index in [9.17, 15) is 0 Å². The van der Waals surface area contributed by atoms with Crippen molar-refractivity contribution in [3.63, 3.8) is 0 Å². The first-order valence-corrected chi connectivity index (χ1v) is 8.78. The second kappa shape index (κ2) is 9.40. The molecular weight excluding hydrogens is 314 g/mol. The van der Waals surface area contributed by atoms with Crippen LogP contribution in [0.2, 0.25) is 0 Å². The van der Waals surface area contributed by atoms with Gasteiger partial charge in [0.2, 0.25) is 0 Å². The lowest BCUT2D eigenvalue weighted by atomic mass is 10.1. The van der Waals surface area contributed by atoms with E-state index in [-0.39, 0.29) is 0 Å². The van der Waals surface area contributed by atoms with Crippen LogP contribution in [-0.2, 0) is 6.54 Å². The van der Waals surface area contributed by atoms with Crippen molar-refractivity contribution in [1.29, 1.82) is 0 Å². The smallest absolute Gasteiger partial charge is 0.173 e. The van der Waals surface area contributed by atoms with Crippen molar-refractivity contribution in [3.05, 3.63) is 65.7 Å². The molecule has 0 aliphatic heterocycles. The summed E-state index contributed by atoms with van der Waals surface area (Å²) in [7, 11) is 4.18. The van der Waals surface area contributed by atoms with Gasteiger partial charge in [-0.15, -0.1) is 0 Å². The van der Waals surface area contributed by atoms with E-state index in [4.69, 9.17) is 12.2 Å². The third-order valence-corrected chi connectivity index (χ3v) is 4.17. The Morgan fingerprint density at radius 1 is 1.04 bits per heavy atom. The lowest BCUT2D eigenvalue weighted by Crippen LogP contribution is -2.40. The van der Waals surface area contributed by atoms with Crippen LogP contribution in [0.15, 0.2) is 54.6 Å². The molecule has 0 aromatic heterocycles. The summed E-state index contributed by atoms with van der Waals surface area (Å²) in [4.78, 5) is 4.36. The quantitative estimate of drug-likeness (QED) is 0.609. The van der Waals surface area contributed by atoms with Gasteiger partial charge in [-0.1, -0.05) is 42.5 Å². The fourth-order valence-corrected chi connectivity index (χ4v) is 2.80. The third-order valence-electron chi connectivity index (χ3n) is 3.80. The third kappa shape index (κ3) is 5.95. The molecule has 2 aromatic rings. The van der Waals surface area contributed by atoms with E-state index in [1.165, 1.54) is 11.1 Å². The van der Waals surface area contributed by atoms with Crippen molar-refractivity contribution in [1.82, 2.24) is 10.2 Å². The highest BCUT2D eigenvalue weighted by Crippen LogP contribution is 2.19. The van der Waals surface area contributed by atoms with Gasteiger partial charge in [-0.3, -0.25) is 0 Å². The normalized spacial score (nSPS) is 10.7. The van der Waals surface area contributed by atoms with E-state index in [2.05, 4.69) is 84.7 Å². The molecule has 0 fully saturated rings. The highest BCUT2D eigenvalue weighted by atomic mass is 32.1. The highest BCUT2D eigenvalue weighted by Gasteiger charge is 2.12. The summed E-state index contributed by atoms with van der Waals surface area (Å²) in [5.74, 6) is 0. The van der Waals surface area contributed by atoms with Gasteiger partial charge in [0.1, 0.15) is 0 Å². The van der Waals surface area contributed by atoms with Gasteiger partial charge in [-0.05, 0) is 69.5 Å². The average molecular weight is 342 g/mol. The van der Waals surface area contributed by atoms with Crippen molar-refractivity contribution < 1.29 is 0 Å². The largest absolute Gasteiger partial charge is 0.362 e. The number of hydrogen-bond donors (Lipinski definition) is 1. The van der Waals surface area contributed by atoms with Crippen molar-refractivity contribution in [2.75, 3.05) is 32.1 Å². The molecule has 0 heterocycles. The van der Waals surface area contributed by atoms with Crippen LogP contribution in [0.4, 0.5) is 5.69 Å². The van der Waals surface area contributed by atoms with Crippen molar-refractivity contribution in [3.8, 4) is 0 Å². The minimum absolute atomic E-state index is 0.768. The number of thiocarbonyl (C=S) groups is 1. The Hall–Kier alpha value is -1.91. The van der Waals surface area contributed by atoms with E-state index in [1.807, 2.05) is 6.07 Å². The minimum atomic E-state index is 0.768. The summed E-state index contributed by atoms with van der Waals surface area (Å²) in [6, 6.07) is 18.9. The molecule has 0 saturated heterocycles. The molecule has 0 spiro atoms. The molecule has 1 N–H and O–H groups in total. The topological polar surface area (TPSA) is 18.5 Å². The standard InChI is InChI=1S/C20H27N3S/c1-17-9-7-12-19(15-17)23(16-18-10-5-4-6-11-18)20(24)21-13-8-14-22(2)3/h4-7,9-12,15H,8,13-14,16H2,1-3H3,(H,21,24). The van der Waals surface area contributed by atoms with Gasteiger partial charge in [0.05, 0.1) is 6.54 Å². The fourth-order valence-electron chi connectivity index (χ4n) is 2.53. The number of aryl methyl sites for hydroxylation is 1. The Morgan fingerprint density at radius 3 is 2.46 bits per heavy atom. The highest BCUT2D eigenvalue weighted by molar-refractivity contribution is 7.80. The molecule has 0 aliphatic rings. The average Bonchev–Trinajstić information content (AvgIpc) is 2.57. The summed E-state index contributed by atoms with van der Waals surface area (Å²) in [6.45, 7) is 4.81. The molecule has 0 amide bonds. The van der Waals surface area contributed by atoms with Crippen LogP contribution in [0.1, 0.15) is 17.5 Å². The molecule has 4 heteroatoms. The van der Waals surface area contributed by atoms with Gasteiger partial charge in [-0.25, -0.2) is 0 Å². The maximum Gasteiger partial charge on any atom is 0.173 e. The van der Waals surface area contributed by atoms with E-state index >= 15 is 0 Å². The minimum Gasteiger partial charge on any atom is -0.362 e. The van der Waals surface area contributed by atoms with Crippen LogP contribution >= 0.6 is 12.2 Å². The Morgan fingerprint density at radius 2 is 1.79 bits per heavy atom. The maximum absolute atomic E-state index is 5.68. The zero-order valence-corrected chi connectivity index (χ0v) is 15.6. The molecule has 0 unspecified atom stereocenters. The monoisotopic (exact) mass is 341 g/mol. The molecule has 128 valence electrons.